The second kappa shape index (κ2) is 11.4. The molecule has 1 aromatic carbocycles. The van der Waals surface area contributed by atoms with E-state index in [0.29, 0.717) is 47.3 Å². The van der Waals surface area contributed by atoms with Gasteiger partial charge in [-0.1, -0.05) is 16.8 Å². The molecule has 12 nitrogen and oxygen atoms in total. The average Bonchev–Trinajstić information content (AvgIpc) is 3.56. The van der Waals surface area contributed by atoms with E-state index in [0.717, 1.165) is 24.5 Å². The Bertz CT molecular complexity index is 1390. The molecule has 4 aromatic rings. The summed E-state index contributed by atoms with van der Waals surface area (Å²) in [6, 6.07) is 9.50. The van der Waals surface area contributed by atoms with Gasteiger partial charge in [-0.05, 0) is 31.2 Å². The van der Waals surface area contributed by atoms with E-state index in [4.69, 9.17) is 30.8 Å². The third-order valence-corrected chi connectivity index (χ3v) is 5.30. The molecule has 0 radical (unpaired) electrons. The van der Waals surface area contributed by atoms with Gasteiger partial charge >= 0.3 is 12.1 Å². The van der Waals surface area contributed by atoms with Gasteiger partial charge in [0.05, 0.1) is 30.1 Å². The van der Waals surface area contributed by atoms with Crippen LogP contribution in [0.15, 0.2) is 47.4 Å². The Morgan fingerprint density at radius 3 is 2.45 bits per heavy atom. The summed E-state index contributed by atoms with van der Waals surface area (Å²) in [7, 11) is 0. The first-order chi connectivity index (χ1) is 18.1. The number of rotatable bonds is 5. The van der Waals surface area contributed by atoms with E-state index in [1.165, 1.54) is 6.20 Å². The summed E-state index contributed by atoms with van der Waals surface area (Å²) < 4.78 is 44.0. The van der Waals surface area contributed by atoms with Crippen LogP contribution in [-0.2, 0) is 9.53 Å². The maximum Gasteiger partial charge on any atom is 0.490 e. The standard InChI is InChI=1S/C20H19ClN8O2.C2HF3O2/c1-13-10-17(27-31-13)18-16(21)11-22-19(25-18)24-14-2-4-15(5-3-14)29-12-23-20(26-29)28-6-8-30-9-7-28;3-2(4,5)1(6)7/h2-5,10-12H,6-9H2,1H3,(H,22,24,25);(H,6,7). The number of carboxylic acid groups (broad SMARTS) is 1. The Hall–Kier alpha value is -4.24. The lowest BCUT2D eigenvalue weighted by molar-refractivity contribution is -0.192. The molecule has 0 unspecified atom stereocenters. The number of carbonyl (C=O) groups is 1. The smallest absolute Gasteiger partial charge is 0.475 e. The van der Waals surface area contributed by atoms with Crippen LogP contribution in [0.3, 0.4) is 0 Å². The predicted molar refractivity (Wildman–Crippen MR) is 129 cm³/mol. The highest BCUT2D eigenvalue weighted by atomic mass is 35.5. The van der Waals surface area contributed by atoms with Crippen molar-refractivity contribution in [3.8, 4) is 17.1 Å². The molecular weight excluding hydrogens is 533 g/mol. The molecule has 0 bridgehead atoms. The highest BCUT2D eigenvalue weighted by molar-refractivity contribution is 6.32. The lowest BCUT2D eigenvalue weighted by Gasteiger charge is -2.25. The topological polar surface area (TPSA) is 144 Å². The van der Waals surface area contributed by atoms with E-state index >= 15 is 0 Å². The normalized spacial score (nSPS) is 13.6. The van der Waals surface area contributed by atoms with Gasteiger partial charge in [-0.15, -0.1) is 5.10 Å². The van der Waals surface area contributed by atoms with E-state index in [1.54, 1.807) is 17.1 Å². The van der Waals surface area contributed by atoms with E-state index in [9.17, 15) is 13.2 Å². The molecule has 2 N–H and O–H groups in total. The third kappa shape index (κ3) is 6.74. The highest BCUT2D eigenvalue weighted by Gasteiger charge is 2.38. The molecule has 1 saturated heterocycles. The minimum absolute atomic E-state index is 0.399. The number of morpholine rings is 1. The number of carboxylic acids is 1. The average molecular weight is 553 g/mol. The van der Waals surface area contributed by atoms with E-state index < -0.39 is 12.1 Å². The zero-order valence-corrected chi connectivity index (χ0v) is 20.4. The summed E-state index contributed by atoms with van der Waals surface area (Å²) in [4.78, 5) is 24.1. The van der Waals surface area contributed by atoms with E-state index in [-0.39, 0.29) is 0 Å². The molecule has 0 amide bonds. The number of ether oxygens (including phenoxy) is 1. The van der Waals surface area contributed by atoms with Crippen molar-refractivity contribution in [2.24, 2.45) is 0 Å². The van der Waals surface area contributed by atoms with Gasteiger partial charge in [0, 0.05) is 24.8 Å². The van der Waals surface area contributed by atoms with E-state index in [2.05, 4.69) is 35.4 Å². The summed E-state index contributed by atoms with van der Waals surface area (Å²) in [6.45, 7) is 4.79. The number of hydrogen-bond acceptors (Lipinski definition) is 10. The largest absolute Gasteiger partial charge is 0.490 e. The molecule has 16 heteroatoms. The quantitative estimate of drug-likeness (QED) is 0.372. The van der Waals surface area contributed by atoms with Gasteiger partial charge in [-0.25, -0.2) is 19.4 Å². The SMILES string of the molecule is Cc1cc(-c2nc(Nc3ccc(-n4cnc(N5CCOCC5)n4)cc3)ncc2Cl)no1.O=C(O)C(F)(F)F. The summed E-state index contributed by atoms with van der Waals surface area (Å²) in [5.41, 5.74) is 2.78. The molecule has 0 saturated carbocycles. The summed E-state index contributed by atoms with van der Waals surface area (Å²) in [6.07, 6.45) is -1.84. The minimum Gasteiger partial charge on any atom is -0.475 e. The molecule has 0 aliphatic carbocycles. The Kier molecular flexibility index (Phi) is 8.07. The van der Waals surface area contributed by atoms with Crippen LogP contribution in [0.1, 0.15) is 5.76 Å². The van der Waals surface area contributed by atoms with Gasteiger partial charge in [-0.3, -0.25) is 0 Å². The van der Waals surface area contributed by atoms with Gasteiger partial charge in [0.25, 0.3) is 0 Å². The zero-order valence-electron chi connectivity index (χ0n) is 19.7. The molecule has 1 aliphatic rings. The number of halogens is 4. The maximum absolute atomic E-state index is 10.6. The number of aliphatic carboxylic acids is 1. The Morgan fingerprint density at radius 1 is 1.16 bits per heavy atom. The van der Waals surface area contributed by atoms with Crippen molar-refractivity contribution >= 4 is 35.2 Å². The van der Waals surface area contributed by atoms with Crippen LogP contribution in [0.5, 0.6) is 0 Å². The Balaban J connectivity index is 0.000000426. The first-order valence-electron chi connectivity index (χ1n) is 11.0. The van der Waals surface area contributed by atoms with Crippen molar-refractivity contribution in [3.05, 3.63) is 53.6 Å². The van der Waals surface area contributed by atoms with Crippen LogP contribution in [0.25, 0.3) is 17.1 Å². The summed E-state index contributed by atoms with van der Waals surface area (Å²) in [5.74, 6) is -0.967. The molecule has 200 valence electrons. The van der Waals surface area contributed by atoms with Crippen molar-refractivity contribution in [3.63, 3.8) is 0 Å². The summed E-state index contributed by atoms with van der Waals surface area (Å²) >= 11 is 6.23. The van der Waals surface area contributed by atoms with Crippen molar-refractivity contribution in [2.75, 3.05) is 36.5 Å². The fraction of sp³-hybridized carbons (Fsp3) is 0.273. The van der Waals surface area contributed by atoms with Gasteiger partial charge in [0.1, 0.15) is 23.5 Å². The number of anilines is 3. The zero-order chi connectivity index (χ0) is 27.3. The fourth-order valence-corrected chi connectivity index (χ4v) is 3.39. The van der Waals surface area contributed by atoms with Crippen LogP contribution >= 0.6 is 11.6 Å². The molecule has 3 aromatic heterocycles. The molecule has 1 fully saturated rings. The van der Waals surface area contributed by atoms with Crippen LogP contribution in [0.4, 0.5) is 30.8 Å². The first kappa shape index (κ1) is 26.8. The Morgan fingerprint density at radius 2 is 1.84 bits per heavy atom. The van der Waals surface area contributed by atoms with Crippen LogP contribution in [0, 0.1) is 6.92 Å². The van der Waals surface area contributed by atoms with Gasteiger partial charge in [0.15, 0.2) is 0 Å². The van der Waals surface area contributed by atoms with Crippen molar-refractivity contribution in [1.82, 2.24) is 29.9 Å². The lowest BCUT2D eigenvalue weighted by Crippen LogP contribution is -2.37. The van der Waals surface area contributed by atoms with Crippen LogP contribution in [0.2, 0.25) is 5.02 Å². The fourth-order valence-electron chi connectivity index (χ4n) is 3.20. The maximum atomic E-state index is 10.6. The predicted octanol–water partition coefficient (Wildman–Crippen LogP) is 3.89. The number of nitrogens with zero attached hydrogens (tertiary/aromatic N) is 7. The monoisotopic (exact) mass is 552 g/mol. The highest BCUT2D eigenvalue weighted by Crippen LogP contribution is 2.27. The molecular formula is C22H20ClF3N8O4. The van der Waals surface area contributed by atoms with E-state index in [1.807, 2.05) is 31.2 Å². The second-order valence-corrected chi connectivity index (χ2v) is 8.18. The number of aromatic nitrogens is 6. The number of benzene rings is 1. The minimum atomic E-state index is -5.08. The molecule has 38 heavy (non-hydrogen) atoms. The summed E-state index contributed by atoms with van der Waals surface area (Å²) in [5, 5.41) is 19.2. The first-order valence-corrected chi connectivity index (χ1v) is 11.4. The molecule has 5 rings (SSSR count). The van der Waals surface area contributed by atoms with Crippen molar-refractivity contribution < 1.29 is 32.3 Å². The number of hydrogen-bond donors (Lipinski definition) is 2. The van der Waals surface area contributed by atoms with Crippen molar-refractivity contribution in [2.45, 2.75) is 13.1 Å². The van der Waals surface area contributed by atoms with Crippen LogP contribution < -0.4 is 10.2 Å². The number of alkyl halides is 3. The van der Waals surface area contributed by atoms with Gasteiger partial charge < -0.3 is 24.6 Å². The van der Waals surface area contributed by atoms with Gasteiger partial charge in [-0.2, -0.15) is 18.2 Å². The second-order valence-electron chi connectivity index (χ2n) is 7.78. The van der Waals surface area contributed by atoms with Gasteiger partial charge in [0.2, 0.25) is 11.9 Å². The number of nitrogens with one attached hydrogen (secondary N) is 1. The van der Waals surface area contributed by atoms with Crippen molar-refractivity contribution in [1.29, 1.82) is 0 Å². The Labute approximate surface area is 218 Å². The molecule has 0 atom stereocenters. The number of aryl methyl sites for hydroxylation is 1. The third-order valence-electron chi connectivity index (χ3n) is 5.02. The van der Waals surface area contributed by atoms with Crippen LogP contribution in [-0.4, -0.2) is 73.4 Å². The molecule has 0 spiro atoms. The lowest BCUT2D eigenvalue weighted by atomic mass is 10.2. The molecule has 4 heterocycles. The molecule has 1 aliphatic heterocycles.